The van der Waals surface area contributed by atoms with Gasteiger partial charge in [-0.3, -0.25) is 9.48 Å². The van der Waals surface area contributed by atoms with Gasteiger partial charge in [0.1, 0.15) is 18.1 Å². The Morgan fingerprint density at radius 3 is 2.82 bits per heavy atom. The number of aliphatic hydroxyl groups excluding tert-OH is 1. The van der Waals surface area contributed by atoms with Crippen molar-refractivity contribution in [2.45, 2.75) is 18.9 Å². The van der Waals surface area contributed by atoms with Crippen LogP contribution in [-0.2, 0) is 20.1 Å². The first-order valence-electron chi connectivity index (χ1n) is 12.4. The van der Waals surface area contributed by atoms with Crippen LogP contribution >= 0.6 is 0 Å². The van der Waals surface area contributed by atoms with Crippen molar-refractivity contribution in [3.63, 3.8) is 0 Å². The minimum absolute atomic E-state index is 0.170. The van der Waals surface area contributed by atoms with E-state index >= 15 is 0 Å². The van der Waals surface area contributed by atoms with Gasteiger partial charge in [0.05, 0.1) is 19.9 Å². The van der Waals surface area contributed by atoms with Gasteiger partial charge < -0.3 is 25.3 Å². The molecule has 8 heteroatoms. The maximum Gasteiger partial charge on any atom is 0.249 e. The van der Waals surface area contributed by atoms with Crippen LogP contribution in [0.2, 0.25) is 0 Å². The van der Waals surface area contributed by atoms with Crippen molar-refractivity contribution >= 4 is 16.8 Å². The summed E-state index contributed by atoms with van der Waals surface area (Å²) in [6.07, 6.45) is 6.20. The number of nitrogens with one attached hydrogen (secondary N) is 1. The second-order valence-corrected chi connectivity index (χ2v) is 9.61. The second kappa shape index (κ2) is 9.39. The molecule has 0 saturated heterocycles. The number of hydrogen-bond acceptors (Lipinski definition) is 5. The highest BCUT2D eigenvalue weighted by Crippen LogP contribution is 2.48. The summed E-state index contributed by atoms with van der Waals surface area (Å²) in [5.74, 6) is 0.375. The fourth-order valence-electron chi connectivity index (χ4n) is 5.55. The number of fused-ring (bicyclic) bond motifs is 4. The largest absolute Gasteiger partial charge is 0.496 e. The number of hydrogen-bond donors (Lipinski definition) is 3. The summed E-state index contributed by atoms with van der Waals surface area (Å²) >= 11 is 0. The highest BCUT2D eigenvalue weighted by molar-refractivity contribution is 5.99. The quantitative estimate of drug-likeness (QED) is 0.298. The van der Waals surface area contributed by atoms with Gasteiger partial charge in [0, 0.05) is 58.5 Å². The average Bonchev–Trinajstić information content (AvgIpc) is 3.56. The molecule has 0 radical (unpaired) electrons. The lowest BCUT2D eigenvalue weighted by atomic mass is 9.81. The van der Waals surface area contributed by atoms with Crippen molar-refractivity contribution in [1.29, 1.82) is 0 Å². The number of aliphatic hydroxyl groups is 1. The molecular formula is C30H28N4O4. The molecular weight excluding hydrogens is 480 g/mol. The smallest absolute Gasteiger partial charge is 0.249 e. The molecule has 4 N–H and O–H groups in total. The van der Waals surface area contributed by atoms with Crippen molar-refractivity contribution in [2.24, 2.45) is 12.8 Å². The first-order chi connectivity index (χ1) is 18.5. The van der Waals surface area contributed by atoms with Gasteiger partial charge in [-0.25, -0.2) is 0 Å². The zero-order valence-corrected chi connectivity index (χ0v) is 21.2. The van der Waals surface area contributed by atoms with Gasteiger partial charge in [-0.2, -0.15) is 5.10 Å². The number of carbonyl (C=O) groups excluding carboxylic acids is 1. The number of H-pyrrole nitrogens is 1. The molecule has 1 aliphatic heterocycles. The molecule has 0 aliphatic carbocycles. The monoisotopic (exact) mass is 508 g/mol. The Morgan fingerprint density at radius 2 is 2.08 bits per heavy atom. The molecule has 3 aromatic carbocycles. The van der Waals surface area contributed by atoms with Crippen molar-refractivity contribution in [1.82, 2.24) is 14.8 Å². The number of para-hydroxylation sites is 1. The molecule has 3 heterocycles. The molecule has 8 nitrogen and oxygen atoms in total. The Morgan fingerprint density at radius 1 is 1.24 bits per heavy atom. The summed E-state index contributed by atoms with van der Waals surface area (Å²) in [4.78, 5) is 16.0. The number of aryl methyl sites for hydroxylation is 1. The molecule has 0 fully saturated rings. The molecule has 0 spiro atoms. The van der Waals surface area contributed by atoms with Crippen LogP contribution in [0.1, 0.15) is 33.0 Å². The van der Waals surface area contributed by atoms with Gasteiger partial charge in [-0.1, -0.05) is 18.2 Å². The average molecular weight is 509 g/mol. The molecule has 38 heavy (non-hydrogen) atoms. The summed E-state index contributed by atoms with van der Waals surface area (Å²) in [5, 5.41) is 16.0. The summed E-state index contributed by atoms with van der Waals surface area (Å²) in [7, 11) is 3.50. The summed E-state index contributed by atoms with van der Waals surface area (Å²) in [6.45, 7) is 0.192. The van der Waals surface area contributed by atoms with Gasteiger partial charge in [-0.15, -0.1) is 0 Å². The zero-order chi connectivity index (χ0) is 26.4. The summed E-state index contributed by atoms with van der Waals surface area (Å²) in [6, 6.07) is 15.5. The molecule has 5 aromatic rings. The Labute approximate surface area is 219 Å². The Hall–Kier alpha value is -4.56. The number of amides is 1. The SMILES string of the molecule is COc1cc2c(cc1-c1cnn(C)c1)COc1ccc(C(N)=O)c([C@H](CO)Cc3c[nH]c4ccccc34)c1-2. The Kier molecular flexibility index (Phi) is 5.88. The van der Waals surface area contributed by atoms with Crippen molar-refractivity contribution in [3.8, 4) is 33.8 Å². The number of benzene rings is 3. The van der Waals surface area contributed by atoms with Crippen molar-refractivity contribution < 1.29 is 19.4 Å². The van der Waals surface area contributed by atoms with E-state index in [1.54, 1.807) is 30.1 Å². The number of ether oxygens (including phenoxy) is 2. The van der Waals surface area contributed by atoms with E-state index in [1.165, 1.54) is 0 Å². The lowest BCUT2D eigenvalue weighted by molar-refractivity contribution is 0.0998. The van der Waals surface area contributed by atoms with Crippen LogP contribution < -0.4 is 15.2 Å². The predicted molar refractivity (Wildman–Crippen MR) is 145 cm³/mol. The van der Waals surface area contributed by atoms with Crippen LogP contribution in [0.4, 0.5) is 0 Å². The van der Waals surface area contributed by atoms with E-state index in [-0.39, 0.29) is 6.61 Å². The first kappa shape index (κ1) is 23.8. The van der Waals surface area contributed by atoms with Crippen molar-refractivity contribution in [2.75, 3.05) is 13.7 Å². The Balaban J connectivity index is 1.54. The molecule has 2 aromatic heterocycles. The minimum atomic E-state index is -0.550. The van der Waals surface area contributed by atoms with Crippen LogP contribution in [0.25, 0.3) is 33.2 Å². The third-order valence-corrected chi connectivity index (χ3v) is 7.34. The highest BCUT2D eigenvalue weighted by atomic mass is 16.5. The van der Waals surface area contributed by atoms with Gasteiger partial charge in [0.15, 0.2) is 0 Å². The number of carbonyl (C=O) groups is 1. The van der Waals surface area contributed by atoms with E-state index in [9.17, 15) is 9.90 Å². The lowest BCUT2D eigenvalue weighted by Gasteiger charge is -2.29. The number of aromatic amines is 1. The number of nitrogens with two attached hydrogens (primary N) is 1. The van der Waals surface area contributed by atoms with E-state index in [1.807, 2.05) is 55.8 Å². The van der Waals surface area contributed by atoms with E-state index in [0.29, 0.717) is 35.7 Å². The van der Waals surface area contributed by atoms with Gasteiger partial charge in [-0.05, 0) is 59.0 Å². The lowest BCUT2D eigenvalue weighted by Crippen LogP contribution is -2.21. The molecule has 192 valence electrons. The minimum Gasteiger partial charge on any atom is -0.496 e. The van der Waals surface area contributed by atoms with Gasteiger partial charge in [0.25, 0.3) is 0 Å². The van der Waals surface area contributed by atoms with Crippen LogP contribution in [0.3, 0.4) is 0 Å². The van der Waals surface area contributed by atoms with E-state index in [0.717, 1.165) is 44.3 Å². The van der Waals surface area contributed by atoms with E-state index in [4.69, 9.17) is 15.2 Å². The molecule has 0 saturated carbocycles. The maximum atomic E-state index is 12.7. The van der Waals surface area contributed by atoms with Crippen LogP contribution in [0.15, 0.2) is 67.1 Å². The fraction of sp³-hybridized carbons (Fsp3) is 0.200. The fourth-order valence-corrected chi connectivity index (χ4v) is 5.55. The van der Waals surface area contributed by atoms with E-state index in [2.05, 4.69) is 10.1 Å². The maximum absolute atomic E-state index is 12.7. The number of aromatic nitrogens is 3. The van der Waals surface area contributed by atoms with Crippen LogP contribution in [-0.4, -0.2) is 39.5 Å². The molecule has 1 amide bonds. The first-order valence-corrected chi connectivity index (χ1v) is 12.4. The normalized spacial score (nSPS) is 13.0. The molecule has 1 aliphatic rings. The number of primary amides is 1. The van der Waals surface area contributed by atoms with Crippen LogP contribution in [0.5, 0.6) is 11.5 Å². The number of nitrogens with zero attached hydrogens (tertiary/aromatic N) is 2. The summed E-state index contributed by atoms with van der Waals surface area (Å²) in [5.41, 5.74) is 13.4. The standard InChI is InChI=1S/C30H28N4O4/c1-34-14-20(13-33-34)23-10-19-16-38-26-8-7-22(30(31)36)28(29(26)24(19)11-27(23)37-2)18(15-35)9-17-12-32-25-6-4-3-5-21(17)25/h3-8,10-14,18,32,35H,9,15-16H2,1-2H3,(H2,31,36)/t18-/m0/s1. The molecule has 1 atom stereocenters. The molecule has 6 rings (SSSR count). The zero-order valence-electron chi connectivity index (χ0n) is 21.2. The van der Waals surface area contributed by atoms with E-state index < -0.39 is 11.8 Å². The second-order valence-electron chi connectivity index (χ2n) is 9.61. The Bertz CT molecular complexity index is 1680. The molecule has 0 unspecified atom stereocenters. The topological polar surface area (TPSA) is 115 Å². The van der Waals surface area contributed by atoms with Crippen molar-refractivity contribution in [3.05, 3.63) is 89.4 Å². The van der Waals surface area contributed by atoms with Crippen LogP contribution in [0, 0.1) is 0 Å². The number of methoxy groups -OCH3 is 1. The van der Waals surface area contributed by atoms with Gasteiger partial charge in [0.2, 0.25) is 5.91 Å². The summed E-state index contributed by atoms with van der Waals surface area (Å²) < 4.78 is 13.7. The number of rotatable bonds is 7. The highest BCUT2D eigenvalue weighted by Gasteiger charge is 2.30. The third-order valence-electron chi connectivity index (χ3n) is 7.34. The third kappa shape index (κ3) is 3.90. The predicted octanol–water partition coefficient (Wildman–Crippen LogP) is 4.55. The molecule has 0 bridgehead atoms. The van der Waals surface area contributed by atoms with Gasteiger partial charge >= 0.3 is 0 Å².